The van der Waals surface area contributed by atoms with Gasteiger partial charge in [0.1, 0.15) is 0 Å². The fourth-order valence-corrected chi connectivity index (χ4v) is 10.7. The van der Waals surface area contributed by atoms with E-state index in [0.29, 0.717) is 5.82 Å². The quantitative estimate of drug-likeness (QED) is 0.173. The highest BCUT2D eigenvalue weighted by Gasteiger charge is 2.49. The summed E-state index contributed by atoms with van der Waals surface area (Å²) in [5.74, 6) is 0.678. The molecule has 11 aromatic rings. The van der Waals surface area contributed by atoms with E-state index < -0.39 is 5.41 Å². The minimum atomic E-state index is -0.549. The monoisotopic (exact) mass is 825 g/mol. The number of rotatable bonds is 5. The van der Waals surface area contributed by atoms with Crippen LogP contribution in [0.25, 0.3) is 100 Å². The first kappa shape index (κ1) is 37.1. The van der Waals surface area contributed by atoms with E-state index >= 15 is 0 Å². The Hall–Kier alpha value is -8.53. The Labute approximate surface area is 378 Å². The van der Waals surface area contributed by atoms with Crippen LogP contribution in [0.4, 0.5) is 0 Å². The van der Waals surface area contributed by atoms with Crippen LogP contribution < -0.4 is 0 Å². The van der Waals surface area contributed by atoms with Crippen LogP contribution >= 0.6 is 0 Å². The number of aromatic nitrogens is 3. The minimum Gasteiger partial charge on any atom is -0.265 e. The van der Waals surface area contributed by atoms with Crippen molar-refractivity contribution in [1.82, 2.24) is 15.0 Å². The number of hydrogen-bond donors (Lipinski definition) is 0. The highest BCUT2D eigenvalue weighted by Crippen LogP contribution is 2.61. The normalized spacial score (nSPS) is 12.7. The van der Waals surface area contributed by atoms with Crippen LogP contribution in [0.2, 0.25) is 0 Å². The molecule has 3 nitrogen and oxygen atoms in total. The first-order valence-electron chi connectivity index (χ1n) is 22.2. The molecule has 0 amide bonds. The van der Waals surface area contributed by atoms with Gasteiger partial charge in [0.15, 0.2) is 5.82 Å². The van der Waals surface area contributed by atoms with Gasteiger partial charge in [0.2, 0.25) is 0 Å². The van der Waals surface area contributed by atoms with E-state index in [-0.39, 0.29) is 0 Å². The molecule has 65 heavy (non-hydrogen) atoms. The molecule has 9 aromatic carbocycles. The fourth-order valence-electron chi connectivity index (χ4n) is 10.7. The zero-order valence-corrected chi connectivity index (χ0v) is 35.4. The van der Waals surface area contributed by atoms with E-state index in [1.54, 1.807) is 0 Å². The zero-order valence-electron chi connectivity index (χ0n) is 35.4. The minimum absolute atomic E-state index is 0.549. The molecule has 0 N–H and O–H groups in total. The molecule has 0 radical (unpaired) electrons. The highest BCUT2D eigenvalue weighted by atomic mass is 14.9. The molecular formula is C62H39N3. The predicted molar refractivity (Wildman–Crippen MR) is 266 cm³/mol. The van der Waals surface area contributed by atoms with Crippen molar-refractivity contribution in [3.8, 4) is 89.5 Å². The van der Waals surface area contributed by atoms with Gasteiger partial charge in [-0.1, -0.05) is 200 Å². The van der Waals surface area contributed by atoms with E-state index in [0.717, 1.165) is 39.2 Å². The molecule has 2 aliphatic carbocycles. The summed E-state index contributed by atoms with van der Waals surface area (Å²) >= 11 is 0. The van der Waals surface area contributed by atoms with Crippen molar-refractivity contribution < 1.29 is 0 Å². The molecule has 2 aliphatic rings. The molecule has 0 saturated heterocycles. The maximum absolute atomic E-state index is 5.43. The van der Waals surface area contributed by atoms with Crippen LogP contribution in [0, 0.1) is 0 Å². The van der Waals surface area contributed by atoms with Gasteiger partial charge in [-0.2, -0.15) is 0 Å². The fraction of sp³-hybridized carbons (Fsp3) is 0.0161. The van der Waals surface area contributed by atoms with Gasteiger partial charge in [0, 0.05) is 29.1 Å². The van der Waals surface area contributed by atoms with E-state index in [2.05, 4.69) is 217 Å². The zero-order chi connectivity index (χ0) is 42.9. The Morgan fingerprint density at radius 3 is 1.34 bits per heavy atom. The van der Waals surface area contributed by atoms with Gasteiger partial charge in [0.05, 0.1) is 16.8 Å². The SMILES string of the molecule is c1ccc2c(c1)-c1ccccc1C1(c3ccc(-c4nc(-c5ccc(-c6ccncc6)cc5)cc(-c5ccc(-c6cccc7ccccc67)cc5)n4)cc3-2)c2ccccc2-c2ccccc21. The molecule has 302 valence electrons. The average Bonchev–Trinajstić information content (AvgIpc) is 3.63. The second-order valence-corrected chi connectivity index (χ2v) is 17.1. The van der Waals surface area contributed by atoms with E-state index in [9.17, 15) is 0 Å². The van der Waals surface area contributed by atoms with Crippen molar-refractivity contribution in [3.05, 3.63) is 259 Å². The van der Waals surface area contributed by atoms with Gasteiger partial charge in [-0.05, 0) is 113 Å². The van der Waals surface area contributed by atoms with E-state index in [4.69, 9.17) is 9.97 Å². The number of nitrogens with zero attached hydrogens (tertiary/aromatic N) is 3. The van der Waals surface area contributed by atoms with Gasteiger partial charge in [0.25, 0.3) is 0 Å². The maximum Gasteiger partial charge on any atom is 0.160 e. The van der Waals surface area contributed by atoms with Gasteiger partial charge in [-0.15, -0.1) is 0 Å². The van der Waals surface area contributed by atoms with Gasteiger partial charge >= 0.3 is 0 Å². The van der Waals surface area contributed by atoms with Crippen LogP contribution in [-0.2, 0) is 5.41 Å². The van der Waals surface area contributed by atoms with Crippen molar-refractivity contribution in [1.29, 1.82) is 0 Å². The summed E-state index contributed by atoms with van der Waals surface area (Å²) in [7, 11) is 0. The highest BCUT2D eigenvalue weighted by molar-refractivity contribution is 5.99. The summed E-state index contributed by atoms with van der Waals surface area (Å²) in [5, 5.41) is 2.47. The van der Waals surface area contributed by atoms with Crippen molar-refractivity contribution in [2.75, 3.05) is 0 Å². The van der Waals surface area contributed by atoms with Crippen molar-refractivity contribution in [3.63, 3.8) is 0 Å². The summed E-state index contributed by atoms with van der Waals surface area (Å²) in [6.07, 6.45) is 3.67. The molecule has 0 saturated carbocycles. The molecule has 0 fully saturated rings. The lowest BCUT2D eigenvalue weighted by Crippen LogP contribution is -2.29. The summed E-state index contributed by atoms with van der Waals surface area (Å²) in [6, 6.07) is 81.7. The summed E-state index contributed by atoms with van der Waals surface area (Å²) in [6.45, 7) is 0. The number of fused-ring (bicyclic) bond motifs is 13. The van der Waals surface area contributed by atoms with Crippen LogP contribution in [0.15, 0.2) is 237 Å². The third kappa shape index (κ3) is 5.79. The molecule has 3 heteroatoms. The molecule has 2 aromatic heterocycles. The van der Waals surface area contributed by atoms with Crippen LogP contribution in [-0.4, -0.2) is 15.0 Å². The van der Waals surface area contributed by atoms with Gasteiger partial charge in [-0.25, -0.2) is 9.97 Å². The second-order valence-electron chi connectivity index (χ2n) is 17.1. The second kappa shape index (κ2) is 14.8. The van der Waals surface area contributed by atoms with Crippen molar-refractivity contribution in [2.45, 2.75) is 5.41 Å². The van der Waals surface area contributed by atoms with Crippen LogP contribution in [0.1, 0.15) is 22.3 Å². The Bertz CT molecular complexity index is 3590. The number of benzene rings is 9. The van der Waals surface area contributed by atoms with Crippen LogP contribution in [0.3, 0.4) is 0 Å². The molecule has 13 rings (SSSR count). The Morgan fingerprint density at radius 1 is 0.277 bits per heavy atom. The van der Waals surface area contributed by atoms with Gasteiger partial charge in [-0.3, -0.25) is 4.98 Å². The first-order chi connectivity index (χ1) is 32.2. The Morgan fingerprint density at radius 2 is 0.708 bits per heavy atom. The Balaban J connectivity index is 1.02. The Kier molecular flexibility index (Phi) is 8.44. The lowest BCUT2D eigenvalue weighted by molar-refractivity contribution is 0.775. The third-order valence-corrected chi connectivity index (χ3v) is 13.7. The molecule has 0 bridgehead atoms. The average molecular weight is 826 g/mol. The summed E-state index contributed by atoms with van der Waals surface area (Å²) in [5.41, 5.74) is 21.4. The van der Waals surface area contributed by atoms with E-state index in [1.165, 1.54) is 77.5 Å². The summed E-state index contributed by atoms with van der Waals surface area (Å²) in [4.78, 5) is 15.1. The smallest absolute Gasteiger partial charge is 0.160 e. The topological polar surface area (TPSA) is 38.7 Å². The van der Waals surface area contributed by atoms with Crippen molar-refractivity contribution in [2.24, 2.45) is 0 Å². The maximum atomic E-state index is 5.43. The molecule has 0 aliphatic heterocycles. The number of pyridine rings is 1. The predicted octanol–water partition coefficient (Wildman–Crippen LogP) is 15.4. The van der Waals surface area contributed by atoms with Crippen LogP contribution in [0.5, 0.6) is 0 Å². The lowest BCUT2D eigenvalue weighted by Gasteiger charge is -2.35. The number of hydrogen-bond acceptors (Lipinski definition) is 3. The standard InChI is InChI=1S/C62H39N3/c1-2-14-47-42(12-1)13-11-20-48(47)43-26-30-45(31-27-43)60-39-59(44-28-24-40(25-29-44)41-34-36-63-37-35-41)64-61(65-60)46-32-33-58-54(38-46)50-16-4-3-15-49(50)51-17-5-8-21-55(51)62(58)56-22-9-6-18-52(56)53-19-7-10-23-57(53)62/h1-39H. The molecule has 0 unspecified atom stereocenters. The molecule has 1 spiro atoms. The molecular weight excluding hydrogens is 787 g/mol. The third-order valence-electron chi connectivity index (χ3n) is 13.7. The van der Waals surface area contributed by atoms with E-state index in [1.807, 2.05) is 24.5 Å². The lowest BCUT2D eigenvalue weighted by atomic mass is 9.66. The largest absolute Gasteiger partial charge is 0.265 e. The first-order valence-corrected chi connectivity index (χ1v) is 22.2. The van der Waals surface area contributed by atoms with Gasteiger partial charge < -0.3 is 0 Å². The molecule has 2 heterocycles. The summed E-state index contributed by atoms with van der Waals surface area (Å²) < 4.78 is 0. The molecule has 0 atom stereocenters. The van der Waals surface area contributed by atoms with Crippen molar-refractivity contribution >= 4 is 10.8 Å².